The lowest BCUT2D eigenvalue weighted by Gasteiger charge is -2.14. The third-order valence-electron chi connectivity index (χ3n) is 3.97. The van der Waals surface area contributed by atoms with Gasteiger partial charge in [0.25, 0.3) is 5.75 Å². The third-order valence-corrected chi connectivity index (χ3v) is 3.97. The number of nitrogens with one attached hydrogen (secondary N) is 1. The van der Waals surface area contributed by atoms with Gasteiger partial charge in [0.15, 0.2) is 6.61 Å². The average molecular weight is 298 g/mol. The van der Waals surface area contributed by atoms with E-state index in [1.54, 1.807) is 7.05 Å². The minimum absolute atomic E-state index is 0.00869. The highest BCUT2D eigenvalue weighted by Gasteiger charge is 2.20. The molecule has 0 bridgehead atoms. The molecule has 0 aliphatic rings. The number of benzene rings is 2. The van der Waals surface area contributed by atoms with Crippen LogP contribution in [0.5, 0.6) is 5.75 Å². The second-order valence-electron chi connectivity index (χ2n) is 5.64. The number of aryl methyl sites for hydroxylation is 2. The number of likely N-dealkylation sites (N-methyl/N-ethyl adjacent to an activating group) is 1. The lowest BCUT2D eigenvalue weighted by atomic mass is 9.99. The molecule has 116 valence electrons. The van der Waals surface area contributed by atoms with Crippen molar-refractivity contribution in [1.82, 2.24) is 5.32 Å². The molecule has 2 aromatic rings. The van der Waals surface area contributed by atoms with Crippen LogP contribution in [0.4, 0.5) is 0 Å². The number of hydrogen-bond donors (Lipinski definition) is 1. The molecule has 1 atom stereocenters. The molecule has 0 aliphatic carbocycles. The molecule has 2 aromatic carbocycles. The minimum Gasteiger partial charge on any atom is -0.579 e. The van der Waals surface area contributed by atoms with E-state index in [2.05, 4.69) is 37.4 Å². The molecule has 2 rings (SSSR count). The van der Waals surface area contributed by atoms with Gasteiger partial charge in [-0.25, -0.2) is 0 Å². The summed E-state index contributed by atoms with van der Waals surface area (Å²) in [6.45, 7) is 6.73. The maximum Gasteiger partial charge on any atom is 0.258 e. The molecule has 1 amide bonds. The van der Waals surface area contributed by atoms with Gasteiger partial charge < -0.3 is 10.1 Å². The van der Waals surface area contributed by atoms with Gasteiger partial charge in [-0.05, 0) is 38.5 Å². The number of carbonyl (C=O) groups excluding carboxylic acids is 1. The fourth-order valence-corrected chi connectivity index (χ4v) is 2.50. The van der Waals surface area contributed by atoms with Crippen molar-refractivity contribution in [3.63, 3.8) is 0 Å². The van der Waals surface area contributed by atoms with E-state index < -0.39 is 0 Å². The van der Waals surface area contributed by atoms with Crippen molar-refractivity contribution in [2.24, 2.45) is 0 Å². The summed E-state index contributed by atoms with van der Waals surface area (Å²) in [5, 5.41) is 2.70. The Morgan fingerprint density at radius 1 is 1.18 bits per heavy atom. The molecular weight excluding hydrogens is 274 g/mol. The largest absolute Gasteiger partial charge is 0.579 e. The Hall–Kier alpha value is -2.29. The van der Waals surface area contributed by atoms with Crippen LogP contribution < -0.4 is 5.32 Å². The van der Waals surface area contributed by atoms with E-state index in [4.69, 9.17) is 4.74 Å². The maximum absolute atomic E-state index is 11.9. The summed E-state index contributed by atoms with van der Waals surface area (Å²) in [6, 6.07) is 14.3. The summed E-state index contributed by atoms with van der Waals surface area (Å²) in [6.07, 6.45) is 0. The molecule has 0 fully saturated rings. The number of carbonyl (C=O) groups is 1. The van der Waals surface area contributed by atoms with Crippen molar-refractivity contribution in [2.75, 3.05) is 7.05 Å². The summed E-state index contributed by atoms with van der Waals surface area (Å²) < 4.78 is 4.74. The van der Waals surface area contributed by atoms with Crippen molar-refractivity contribution in [3.8, 4) is 5.75 Å². The van der Waals surface area contributed by atoms with Gasteiger partial charge in [0, 0.05) is 18.7 Å². The molecule has 0 aliphatic heterocycles. The van der Waals surface area contributed by atoms with Gasteiger partial charge in [0.2, 0.25) is 5.91 Å². The Morgan fingerprint density at radius 3 is 2.64 bits per heavy atom. The Labute approximate surface area is 132 Å². The number of amides is 1. The predicted molar refractivity (Wildman–Crippen MR) is 90.2 cm³/mol. The molecule has 0 aromatic heterocycles. The Kier molecular flexibility index (Phi) is 5.21. The summed E-state index contributed by atoms with van der Waals surface area (Å²) in [5.41, 5.74) is 4.67. The zero-order valence-corrected chi connectivity index (χ0v) is 13.7. The monoisotopic (exact) mass is 298 g/mol. The molecule has 22 heavy (non-hydrogen) atoms. The first-order chi connectivity index (χ1) is 10.5. The number of aromatic hydroxyl groups is 1. The molecule has 0 radical (unpaired) electrons. The second kappa shape index (κ2) is 7.12. The minimum atomic E-state index is -0.205. The topological polar surface area (TPSA) is 41.9 Å². The molecule has 0 saturated heterocycles. The molecule has 3 heteroatoms. The van der Waals surface area contributed by atoms with Crippen molar-refractivity contribution < 1.29 is 9.53 Å². The first-order valence-corrected chi connectivity index (χ1v) is 7.57. The smallest absolute Gasteiger partial charge is 0.258 e. The van der Waals surface area contributed by atoms with Gasteiger partial charge in [-0.15, -0.1) is 0 Å². The van der Waals surface area contributed by atoms with Crippen LogP contribution >= 0.6 is 0 Å². The molecule has 2 N–H and O–H groups in total. The van der Waals surface area contributed by atoms with E-state index in [1.807, 2.05) is 31.2 Å². The van der Waals surface area contributed by atoms with Crippen molar-refractivity contribution in [1.29, 1.82) is 0 Å². The number of rotatable bonds is 5. The van der Waals surface area contributed by atoms with E-state index in [-0.39, 0.29) is 11.8 Å². The fourth-order valence-electron chi connectivity index (χ4n) is 2.50. The van der Waals surface area contributed by atoms with Crippen LogP contribution in [0.3, 0.4) is 0 Å². The molecular formula is C19H24NO2+. The van der Waals surface area contributed by atoms with Gasteiger partial charge in [-0.2, -0.15) is 0 Å². The first kappa shape index (κ1) is 16.1. The van der Waals surface area contributed by atoms with Gasteiger partial charge in [-0.1, -0.05) is 29.8 Å². The molecule has 0 spiro atoms. The molecule has 0 unspecified atom stereocenters. The first-order valence-electron chi connectivity index (χ1n) is 7.57. The fraction of sp³-hybridized carbons (Fsp3) is 0.316. The van der Waals surface area contributed by atoms with Gasteiger partial charge in [-0.3, -0.25) is 4.79 Å². The Balaban J connectivity index is 2.20. The third kappa shape index (κ3) is 3.67. The maximum atomic E-state index is 11.9. The zero-order chi connectivity index (χ0) is 16.1. The lowest BCUT2D eigenvalue weighted by Crippen LogP contribution is -2.24. The van der Waals surface area contributed by atoms with E-state index in [9.17, 15) is 4.79 Å². The van der Waals surface area contributed by atoms with Crippen LogP contribution in [0, 0.1) is 13.8 Å². The average Bonchev–Trinajstić information content (AvgIpc) is 2.54. The number of para-hydroxylation sites is 1. The van der Waals surface area contributed by atoms with Gasteiger partial charge in [0.05, 0.1) is 11.5 Å². The molecule has 0 saturated carbocycles. The molecule has 0 heterocycles. The van der Waals surface area contributed by atoms with Crippen LogP contribution in [0.1, 0.15) is 35.1 Å². The standard InChI is InChI=1S/C19H23NO2/c1-13-9-10-14(2)16(11-13)12-22-18-8-6-5-7-17(18)15(3)19(21)20-4/h5-11,15H,12H2,1-4H3,(H,20,21)/p+1/t15-/m1/s1. The van der Waals surface area contributed by atoms with E-state index >= 15 is 0 Å². The van der Waals surface area contributed by atoms with Crippen LogP contribution in [0.2, 0.25) is 0 Å². The van der Waals surface area contributed by atoms with Crippen LogP contribution in [0.15, 0.2) is 42.5 Å². The normalized spacial score (nSPS) is 11.8. The highest BCUT2D eigenvalue weighted by atomic mass is 16.5. The highest BCUT2D eigenvalue weighted by Crippen LogP contribution is 2.28. The van der Waals surface area contributed by atoms with Gasteiger partial charge in [0.1, 0.15) is 0 Å². The Morgan fingerprint density at radius 2 is 1.91 bits per heavy atom. The van der Waals surface area contributed by atoms with Crippen molar-refractivity contribution in [3.05, 3.63) is 64.7 Å². The van der Waals surface area contributed by atoms with Crippen LogP contribution in [-0.4, -0.2) is 17.7 Å². The highest BCUT2D eigenvalue weighted by molar-refractivity contribution is 5.83. The van der Waals surface area contributed by atoms with Crippen molar-refractivity contribution in [2.45, 2.75) is 33.3 Å². The number of aliphatic hydroxyl groups is 1. The van der Waals surface area contributed by atoms with E-state index in [0.29, 0.717) is 6.61 Å². The quantitative estimate of drug-likeness (QED) is 0.842. The molecule has 3 nitrogen and oxygen atoms in total. The van der Waals surface area contributed by atoms with Crippen LogP contribution in [0.25, 0.3) is 0 Å². The SMILES string of the molecule is CNC(=O)[C@H](C)c1ccccc1[OH+]Cc1cc(C)ccc1C. The van der Waals surface area contributed by atoms with E-state index in [0.717, 1.165) is 11.3 Å². The second-order valence-corrected chi connectivity index (χ2v) is 5.64. The van der Waals surface area contributed by atoms with Gasteiger partial charge >= 0.3 is 0 Å². The summed E-state index contributed by atoms with van der Waals surface area (Å²) in [5.74, 6) is 0.692. The predicted octanol–water partition coefficient (Wildman–Crippen LogP) is 3.59. The lowest BCUT2D eigenvalue weighted by molar-refractivity contribution is -0.121. The summed E-state index contributed by atoms with van der Waals surface area (Å²) >= 11 is 0. The number of ether oxygens (including phenoxy) is 1. The zero-order valence-electron chi connectivity index (χ0n) is 13.7. The summed E-state index contributed by atoms with van der Waals surface area (Å²) in [7, 11) is 1.66. The Bertz CT molecular complexity index is 664. The van der Waals surface area contributed by atoms with Crippen molar-refractivity contribution >= 4 is 5.91 Å². The summed E-state index contributed by atoms with van der Waals surface area (Å²) in [4.78, 5) is 11.9. The van der Waals surface area contributed by atoms with E-state index in [1.165, 1.54) is 16.7 Å². The number of hydrogen-bond acceptors (Lipinski definition) is 1. The van der Waals surface area contributed by atoms with Crippen LogP contribution in [-0.2, 0) is 11.4 Å².